The number of aryl methyl sites for hydroxylation is 1. The number of halogens is 1. The molecule has 3 rings (SSSR count). The normalized spacial score (nSPS) is 16.7. The number of aliphatic hydroxyl groups excluding tert-OH is 1. The first-order chi connectivity index (χ1) is 12.1. The molecule has 1 aliphatic heterocycles. The number of para-hydroxylation sites is 2. The number of piperazine rings is 1. The molecule has 0 aromatic heterocycles. The summed E-state index contributed by atoms with van der Waals surface area (Å²) in [4.78, 5) is 4.26. The highest BCUT2D eigenvalue weighted by molar-refractivity contribution is 5.48. The summed E-state index contributed by atoms with van der Waals surface area (Å²) in [5, 5.41) is 10.2. The predicted octanol–water partition coefficient (Wildman–Crippen LogP) is 2.70. The van der Waals surface area contributed by atoms with Crippen molar-refractivity contribution in [3.63, 3.8) is 0 Å². The molecule has 0 amide bonds. The lowest BCUT2D eigenvalue weighted by atomic mass is 10.2. The van der Waals surface area contributed by atoms with Crippen LogP contribution in [0, 0.1) is 12.7 Å². The van der Waals surface area contributed by atoms with Gasteiger partial charge >= 0.3 is 0 Å². The smallest absolute Gasteiger partial charge is 0.146 e. The van der Waals surface area contributed by atoms with Crippen molar-refractivity contribution in [3.8, 4) is 5.75 Å². The molecular formula is C20H25FN2O2. The first-order valence-electron chi connectivity index (χ1n) is 8.72. The van der Waals surface area contributed by atoms with E-state index in [0.29, 0.717) is 12.2 Å². The minimum Gasteiger partial charge on any atom is -0.491 e. The molecule has 1 saturated heterocycles. The zero-order valence-electron chi connectivity index (χ0n) is 14.6. The summed E-state index contributed by atoms with van der Waals surface area (Å²) in [7, 11) is 0. The monoisotopic (exact) mass is 344 g/mol. The minimum atomic E-state index is -0.542. The van der Waals surface area contributed by atoms with Crippen LogP contribution in [0.1, 0.15) is 5.56 Å². The average Bonchev–Trinajstić information content (AvgIpc) is 2.62. The molecule has 0 bridgehead atoms. The van der Waals surface area contributed by atoms with Crippen molar-refractivity contribution in [1.82, 2.24) is 4.90 Å². The van der Waals surface area contributed by atoms with Crippen LogP contribution in [0.4, 0.5) is 10.1 Å². The van der Waals surface area contributed by atoms with E-state index in [1.54, 1.807) is 6.07 Å². The Morgan fingerprint density at radius 2 is 1.72 bits per heavy atom. The van der Waals surface area contributed by atoms with Gasteiger partial charge in [0.05, 0.1) is 5.69 Å². The van der Waals surface area contributed by atoms with Gasteiger partial charge in [0.15, 0.2) is 0 Å². The topological polar surface area (TPSA) is 35.9 Å². The molecule has 0 aliphatic carbocycles. The Morgan fingerprint density at radius 3 is 2.44 bits per heavy atom. The van der Waals surface area contributed by atoms with E-state index in [2.05, 4.69) is 9.80 Å². The quantitative estimate of drug-likeness (QED) is 0.874. The predicted molar refractivity (Wildman–Crippen MR) is 97.7 cm³/mol. The van der Waals surface area contributed by atoms with E-state index in [4.69, 9.17) is 4.74 Å². The van der Waals surface area contributed by atoms with Crippen LogP contribution in [-0.2, 0) is 0 Å². The van der Waals surface area contributed by atoms with Crippen molar-refractivity contribution in [2.75, 3.05) is 44.2 Å². The van der Waals surface area contributed by atoms with Crippen LogP contribution < -0.4 is 9.64 Å². The summed E-state index contributed by atoms with van der Waals surface area (Å²) in [6.07, 6.45) is -0.542. The van der Waals surface area contributed by atoms with Crippen molar-refractivity contribution >= 4 is 5.69 Å². The van der Waals surface area contributed by atoms with Gasteiger partial charge < -0.3 is 14.7 Å². The molecule has 0 unspecified atom stereocenters. The van der Waals surface area contributed by atoms with Crippen LogP contribution in [0.3, 0.4) is 0 Å². The largest absolute Gasteiger partial charge is 0.491 e. The van der Waals surface area contributed by atoms with Crippen molar-refractivity contribution < 1.29 is 14.2 Å². The van der Waals surface area contributed by atoms with E-state index in [9.17, 15) is 9.50 Å². The lowest BCUT2D eigenvalue weighted by Crippen LogP contribution is -2.49. The molecular weight excluding hydrogens is 319 g/mol. The molecule has 134 valence electrons. The Balaban J connectivity index is 1.44. The number of hydrogen-bond acceptors (Lipinski definition) is 4. The SMILES string of the molecule is Cc1ccccc1OC[C@@H](O)CN1CCN(c2ccccc2F)CC1. The summed E-state index contributed by atoms with van der Waals surface area (Å²) < 4.78 is 19.6. The Labute approximate surface area is 148 Å². The van der Waals surface area contributed by atoms with Gasteiger partial charge in [0.1, 0.15) is 24.3 Å². The number of ether oxygens (including phenoxy) is 1. The van der Waals surface area contributed by atoms with Crippen molar-refractivity contribution in [2.45, 2.75) is 13.0 Å². The second-order valence-electron chi connectivity index (χ2n) is 6.47. The Bertz CT molecular complexity index is 687. The van der Waals surface area contributed by atoms with E-state index in [1.807, 2.05) is 43.3 Å². The van der Waals surface area contributed by atoms with Crippen LogP contribution in [0.25, 0.3) is 0 Å². The third-order valence-electron chi connectivity index (χ3n) is 4.56. The maximum Gasteiger partial charge on any atom is 0.146 e. The lowest BCUT2D eigenvalue weighted by molar-refractivity contribution is 0.0660. The Hall–Kier alpha value is -2.11. The van der Waals surface area contributed by atoms with E-state index in [1.165, 1.54) is 6.07 Å². The molecule has 2 aromatic rings. The molecule has 1 aliphatic rings. The van der Waals surface area contributed by atoms with E-state index in [-0.39, 0.29) is 12.4 Å². The standard InChI is InChI=1S/C20H25FN2O2/c1-16-6-2-5-9-20(16)25-15-17(24)14-22-10-12-23(13-11-22)19-8-4-3-7-18(19)21/h2-9,17,24H,10-15H2,1H3/t17-/m0/s1. The highest BCUT2D eigenvalue weighted by Crippen LogP contribution is 2.20. The maximum absolute atomic E-state index is 13.9. The lowest BCUT2D eigenvalue weighted by Gasteiger charge is -2.37. The Kier molecular flexibility index (Phi) is 5.89. The van der Waals surface area contributed by atoms with E-state index < -0.39 is 6.10 Å². The molecule has 25 heavy (non-hydrogen) atoms. The van der Waals surface area contributed by atoms with Gasteiger partial charge in [-0.15, -0.1) is 0 Å². The van der Waals surface area contributed by atoms with Gasteiger partial charge in [-0.05, 0) is 30.7 Å². The third-order valence-corrected chi connectivity index (χ3v) is 4.56. The molecule has 0 radical (unpaired) electrons. The fraction of sp³-hybridized carbons (Fsp3) is 0.400. The molecule has 1 N–H and O–H groups in total. The average molecular weight is 344 g/mol. The Morgan fingerprint density at radius 1 is 1.04 bits per heavy atom. The zero-order valence-corrected chi connectivity index (χ0v) is 14.6. The fourth-order valence-electron chi connectivity index (χ4n) is 3.13. The summed E-state index contributed by atoms with van der Waals surface area (Å²) in [5.41, 5.74) is 1.72. The van der Waals surface area contributed by atoms with Crippen molar-refractivity contribution in [3.05, 3.63) is 59.9 Å². The highest BCUT2D eigenvalue weighted by Gasteiger charge is 2.21. The second kappa shape index (κ2) is 8.32. The molecule has 2 aromatic carbocycles. The van der Waals surface area contributed by atoms with Gasteiger partial charge in [0.25, 0.3) is 0 Å². The number of rotatable bonds is 6. The summed E-state index contributed by atoms with van der Waals surface area (Å²) in [6.45, 7) is 5.95. The number of β-amino-alcohol motifs (C(OH)–C–C–N with tert-alkyl or cyclic N) is 1. The van der Waals surface area contributed by atoms with E-state index in [0.717, 1.165) is 37.5 Å². The third kappa shape index (κ3) is 4.71. The summed E-state index contributed by atoms with van der Waals surface area (Å²) in [6, 6.07) is 14.7. The van der Waals surface area contributed by atoms with Gasteiger partial charge in [0, 0.05) is 32.7 Å². The van der Waals surface area contributed by atoms with Crippen LogP contribution in [0.15, 0.2) is 48.5 Å². The van der Waals surface area contributed by atoms with Crippen molar-refractivity contribution in [1.29, 1.82) is 0 Å². The first-order valence-corrected chi connectivity index (χ1v) is 8.72. The molecule has 5 heteroatoms. The van der Waals surface area contributed by atoms with Crippen molar-refractivity contribution in [2.24, 2.45) is 0 Å². The van der Waals surface area contributed by atoms with Gasteiger partial charge in [-0.2, -0.15) is 0 Å². The summed E-state index contributed by atoms with van der Waals surface area (Å²) in [5.74, 6) is 0.633. The van der Waals surface area contributed by atoms with Gasteiger partial charge in [-0.1, -0.05) is 30.3 Å². The molecule has 1 fully saturated rings. The van der Waals surface area contributed by atoms with Gasteiger partial charge in [-0.3, -0.25) is 4.90 Å². The molecule has 1 atom stereocenters. The minimum absolute atomic E-state index is 0.178. The van der Waals surface area contributed by atoms with E-state index >= 15 is 0 Å². The van der Waals surface area contributed by atoms with Crippen LogP contribution in [0.2, 0.25) is 0 Å². The molecule has 1 heterocycles. The van der Waals surface area contributed by atoms with Gasteiger partial charge in [0.2, 0.25) is 0 Å². The highest BCUT2D eigenvalue weighted by atomic mass is 19.1. The maximum atomic E-state index is 13.9. The second-order valence-corrected chi connectivity index (χ2v) is 6.47. The first kappa shape index (κ1) is 17.7. The number of benzene rings is 2. The fourth-order valence-corrected chi connectivity index (χ4v) is 3.13. The number of aliphatic hydroxyl groups is 1. The molecule has 0 spiro atoms. The molecule has 0 saturated carbocycles. The number of nitrogens with zero attached hydrogens (tertiary/aromatic N) is 2. The van der Waals surface area contributed by atoms with Gasteiger partial charge in [-0.25, -0.2) is 4.39 Å². The molecule has 4 nitrogen and oxygen atoms in total. The van der Waals surface area contributed by atoms with Crippen LogP contribution in [-0.4, -0.2) is 55.4 Å². The summed E-state index contributed by atoms with van der Waals surface area (Å²) >= 11 is 0. The van der Waals surface area contributed by atoms with Crippen LogP contribution in [0.5, 0.6) is 5.75 Å². The number of hydrogen-bond donors (Lipinski definition) is 1. The van der Waals surface area contributed by atoms with Crippen LogP contribution >= 0.6 is 0 Å². The zero-order chi connectivity index (χ0) is 17.6. The number of anilines is 1.